The predicted octanol–water partition coefficient (Wildman–Crippen LogP) is 3.97. The highest BCUT2D eigenvalue weighted by atomic mass is 16.5. The Hall–Kier alpha value is -1.69. The van der Waals surface area contributed by atoms with E-state index in [0.717, 1.165) is 23.3 Å². The monoisotopic (exact) mass is 270 g/mol. The molecule has 2 fully saturated rings. The molecule has 0 heterocycles. The SMILES string of the molecule is N#CCOc1ccc(NC2CCCC(C3CC3)C2)cc1. The van der Waals surface area contributed by atoms with E-state index in [0.29, 0.717) is 6.04 Å². The van der Waals surface area contributed by atoms with Crippen LogP contribution in [0.15, 0.2) is 24.3 Å². The molecule has 106 valence electrons. The summed E-state index contributed by atoms with van der Waals surface area (Å²) in [6.07, 6.45) is 8.34. The van der Waals surface area contributed by atoms with E-state index in [1.54, 1.807) is 0 Å². The molecule has 1 aromatic carbocycles. The van der Waals surface area contributed by atoms with Crippen LogP contribution in [-0.2, 0) is 0 Å². The summed E-state index contributed by atoms with van der Waals surface area (Å²) in [5.74, 6) is 2.75. The van der Waals surface area contributed by atoms with Gasteiger partial charge in [-0.15, -0.1) is 0 Å². The lowest BCUT2D eigenvalue weighted by Crippen LogP contribution is -2.28. The molecule has 0 bridgehead atoms. The van der Waals surface area contributed by atoms with Gasteiger partial charge in [0, 0.05) is 11.7 Å². The first-order chi connectivity index (χ1) is 9.85. The lowest BCUT2D eigenvalue weighted by Gasteiger charge is -2.30. The molecule has 2 aliphatic carbocycles. The van der Waals surface area contributed by atoms with Crippen LogP contribution in [-0.4, -0.2) is 12.6 Å². The minimum atomic E-state index is 0.110. The Morgan fingerprint density at radius 2 is 1.90 bits per heavy atom. The summed E-state index contributed by atoms with van der Waals surface area (Å²) < 4.78 is 5.27. The van der Waals surface area contributed by atoms with E-state index in [-0.39, 0.29) is 6.61 Å². The molecule has 0 amide bonds. The molecule has 0 aromatic heterocycles. The van der Waals surface area contributed by atoms with Crippen molar-refractivity contribution in [1.29, 1.82) is 5.26 Å². The van der Waals surface area contributed by atoms with Crippen LogP contribution in [0.4, 0.5) is 5.69 Å². The van der Waals surface area contributed by atoms with E-state index < -0.39 is 0 Å². The molecule has 2 atom stereocenters. The fourth-order valence-corrected chi connectivity index (χ4v) is 3.35. The van der Waals surface area contributed by atoms with Crippen molar-refractivity contribution in [3.8, 4) is 11.8 Å². The van der Waals surface area contributed by atoms with Crippen molar-refractivity contribution in [3.63, 3.8) is 0 Å². The molecule has 2 aliphatic rings. The fraction of sp³-hybridized carbons (Fsp3) is 0.588. The molecule has 0 radical (unpaired) electrons. The number of rotatable bonds is 5. The first-order valence-corrected chi connectivity index (χ1v) is 7.71. The number of benzene rings is 1. The number of nitrogens with one attached hydrogen (secondary N) is 1. The first kappa shape index (κ1) is 13.3. The third kappa shape index (κ3) is 3.45. The van der Waals surface area contributed by atoms with Gasteiger partial charge in [0.25, 0.3) is 0 Å². The molecule has 3 rings (SSSR count). The van der Waals surface area contributed by atoms with E-state index in [2.05, 4.69) is 5.32 Å². The second kappa shape index (κ2) is 6.17. The van der Waals surface area contributed by atoms with Gasteiger partial charge < -0.3 is 10.1 Å². The molecule has 3 nitrogen and oxygen atoms in total. The normalized spacial score (nSPS) is 25.8. The molecule has 1 aromatic rings. The first-order valence-electron chi connectivity index (χ1n) is 7.71. The van der Waals surface area contributed by atoms with E-state index in [4.69, 9.17) is 10.00 Å². The second-order valence-electron chi connectivity index (χ2n) is 6.08. The smallest absolute Gasteiger partial charge is 0.174 e. The van der Waals surface area contributed by atoms with Gasteiger partial charge in [-0.25, -0.2) is 0 Å². The molecule has 3 heteroatoms. The zero-order valence-corrected chi connectivity index (χ0v) is 11.8. The topological polar surface area (TPSA) is 45.0 Å². The van der Waals surface area contributed by atoms with Crippen LogP contribution in [0.5, 0.6) is 5.75 Å². The summed E-state index contributed by atoms with van der Waals surface area (Å²) in [6.45, 7) is 0.110. The van der Waals surface area contributed by atoms with E-state index in [9.17, 15) is 0 Å². The van der Waals surface area contributed by atoms with Gasteiger partial charge >= 0.3 is 0 Å². The van der Waals surface area contributed by atoms with Crippen molar-refractivity contribution in [1.82, 2.24) is 0 Å². The van der Waals surface area contributed by atoms with Crippen molar-refractivity contribution in [2.75, 3.05) is 11.9 Å². The van der Waals surface area contributed by atoms with Crippen LogP contribution < -0.4 is 10.1 Å². The van der Waals surface area contributed by atoms with Gasteiger partial charge in [-0.05, 0) is 61.8 Å². The minimum Gasteiger partial charge on any atom is -0.479 e. The van der Waals surface area contributed by atoms with Crippen LogP contribution in [0.2, 0.25) is 0 Å². The van der Waals surface area contributed by atoms with Crippen molar-refractivity contribution < 1.29 is 4.74 Å². The van der Waals surface area contributed by atoms with Gasteiger partial charge in [0.15, 0.2) is 6.61 Å². The standard InChI is InChI=1S/C17H22N2O/c18-10-11-20-17-8-6-15(7-9-17)19-16-3-1-2-14(12-16)13-4-5-13/h6-9,13-14,16,19H,1-5,11-12H2. The van der Waals surface area contributed by atoms with Crippen molar-refractivity contribution in [2.45, 2.75) is 44.6 Å². The van der Waals surface area contributed by atoms with Gasteiger partial charge in [0.2, 0.25) is 0 Å². The molecule has 20 heavy (non-hydrogen) atoms. The highest BCUT2D eigenvalue weighted by Gasteiger charge is 2.34. The molecular formula is C17H22N2O. The van der Waals surface area contributed by atoms with E-state index >= 15 is 0 Å². The Morgan fingerprint density at radius 1 is 1.10 bits per heavy atom. The lowest BCUT2D eigenvalue weighted by molar-refractivity contribution is 0.303. The van der Waals surface area contributed by atoms with E-state index in [1.807, 2.05) is 30.3 Å². The zero-order chi connectivity index (χ0) is 13.8. The van der Waals surface area contributed by atoms with Crippen LogP contribution in [0.25, 0.3) is 0 Å². The Morgan fingerprint density at radius 3 is 2.60 bits per heavy atom. The minimum absolute atomic E-state index is 0.110. The lowest BCUT2D eigenvalue weighted by atomic mass is 9.82. The summed E-state index contributed by atoms with van der Waals surface area (Å²) in [6, 6.07) is 10.6. The third-order valence-electron chi connectivity index (χ3n) is 4.53. The van der Waals surface area contributed by atoms with Gasteiger partial charge in [0.1, 0.15) is 11.8 Å². The molecular weight excluding hydrogens is 248 g/mol. The van der Waals surface area contributed by atoms with Crippen molar-refractivity contribution in [3.05, 3.63) is 24.3 Å². The Bertz CT molecular complexity index is 473. The maximum absolute atomic E-state index is 8.49. The van der Waals surface area contributed by atoms with Gasteiger partial charge in [-0.1, -0.05) is 12.8 Å². The van der Waals surface area contributed by atoms with Crippen LogP contribution in [0.1, 0.15) is 38.5 Å². The summed E-state index contributed by atoms with van der Waals surface area (Å²) in [7, 11) is 0. The summed E-state index contributed by atoms with van der Waals surface area (Å²) in [4.78, 5) is 0. The average Bonchev–Trinajstić information content (AvgIpc) is 3.32. The second-order valence-corrected chi connectivity index (χ2v) is 6.08. The Kier molecular flexibility index (Phi) is 4.11. The molecule has 2 saturated carbocycles. The van der Waals surface area contributed by atoms with Crippen molar-refractivity contribution in [2.24, 2.45) is 11.8 Å². The fourth-order valence-electron chi connectivity index (χ4n) is 3.35. The number of nitrogens with zero attached hydrogens (tertiary/aromatic N) is 1. The van der Waals surface area contributed by atoms with E-state index in [1.165, 1.54) is 38.5 Å². The average molecular weight is 270 g/mol. The Labute approximate surface area is 120 Å². The molecule has 1 N–H and O–H groups in total. The molecule has 0 saturated heterocycles. The number of hydrogen-bond donors (Lipinski definition) is 1. The highest BCUT2D eigenvalue weighted by molar-refractivity contribution is 5.47. The summed E-state index contributed by atoms with van der Waals surface area (Å²) in [5, 5.41) is 12.1. The van der Waals surface area contributed by atoms with Gasteiger partial charge in [-0.2, -0.15) is 5.26 Å². The van der Waals surface area contributed by atoms with Gasteiger partial charge in [0.05, 0.1) is 0 Å². The summed E-state index contributed by atoms with van der Waals surface area (Å²) >= 11 is 0. The number of nitriles is 1. The zero-order valence-electron chi connectivity index (χ0n) is 11.8. The van der Waals surface area contributed by atoms with Crippen LogP contribution in [0.3, 0.4) is 0 Å². The number of hydrogen-bond acceptors (Lipinski definition) is 3. The molecule has 0 aliphatic heterocycles. The van der Waals surface area contributed by atoms with Gasteiger partial charge in [-0.3, -0.25) is 0 Å². The largest absolute Gasteiger partial charge is 0.479 e. The predicted molar refractivity (Wildman–Crippen MR) is 79.6 cm³/mol. The quantitative estimate of drug-likeness (QED) is 0.880. The third-order valence-corrected chi connectivity index (χ3v) is 4.53. The highest BCUT2D eigenvalue weighted by Crippen LogP contribution is 2.44. The number of ether oxygens (including phenoxy) is 1. The number of anilines is 1. The molecule has 0 spiro atoms. The van der Waals surface area contributed by atoms with Crippen LogP contribution in [0, 0.1) is 23.2 Å². The van der Waals surface area contributed by atoms with Crippen molar-refractivity contribution >= 4 is 5.69 Å². The maximum Gasteiger partial charge on any atom is 0.174 e. The maximum atomic E-state index is 8.49. The van der Waals surface area contributed by atoms with Crippen LogP contribution >= 0.6 is 0 Å². The molecule has 2 unspecified atom stereocenters. The summed E-state index contributed by atoms with van der Waals surface area (Å²) in [5.41, 5.74) is 1.16. The Balaban J connectivity index is 1.53.